The Morgan fingerprint density at radius 1 is 1.23 bits per heavy atom. The summed E-state index contributed by atoms with van der Waals surface area (Å²) in [5.74, 6) is 1.74. The number of imidazole rings is 1. The van der Waals surface area contributed by atoms with Gasteiger partial charge in [-0.15, -0.1) is 0 Å². The molecule has 1 fully saturated rings. The molecule has 2 heterocycles. The van der Waals surface area contributed by atoms with Crippen molar-refractivity contribution in [1.82, 2.24) is 9.55 Å². The third kappa shape index (κ3) is 4.37. The summed E-state index contributed by atoms with van der Waals surface area (Å²) in [5, 5.41) is 10.8. The zero-order valence-corrected chi connectivity index (χ0v) is 18.4. The predicted octanol–water partition coefficient (Wildman–Crippen LogP) is 4.93. The highest BCUT2D eigenvalue weighted by molar-refractivity contribution is 5.76. The molecule has 4 rings (SSSR count). The van der Waals surface area contributed by atoms with E-state index in [1.807, 2.05) is 30.3 Å². The molecular weight excluding hydrogens is 376 g/mol. The molecule has 160 valence electrons. The van der Waals surface area contributed by atoms with Crippen molar-refractivity contribution >= 4 is 11.0 Å². The maximum Gasteiger partial charge on any atom is 0.139 e. The summed E-state index contributed by atoms with van der Waals surface area (Å²) in [4.78, 5) is 4.81. The Morgan fingerprint density at radius 2 is 2.03 bits per heavy atom. The van der Waals surface area contributed by atoms with Gasteiger partial charge in [0.1, 0.15) is 30.4 Å². The number of benzene rings is 2. The van der Waals surface area contributed by atoms with Crippen molar-refractivity contribution < 1.29 is 14.6 Å². The van der Waals surface area contributed by atoms with E-state index in [1.165, 1.54) is 5.56 Å². The molecule has 3 aromatic rings. The first kappa shape index (κ1) is 20.9. The Bertz CT molecular complexity index is 1010. The van der Waals surface area contributed by atoms with Crippen LogP contribution in [0.2, 0.25) is 0 Å². The smallest absolute Gasteiger partial charge is 0.139 e. The van der Waals surface area contributed by atoms with Crippen LogP contribution in [0.5, 0.6) is 5.75 Å². The van der Waals surface area contributed by atoms with Gasteiger partial charge < -0.3 is 19.1 Å². The van der Waals surface area contributed by atoms with Gasteiger partial charge in [0.05, 0.1) is 17.6 Å². The number of rotatable bonds is 6. The van der Waals surface area contributed by atoms with Crippen molar-refractivity contribution in [2.75, 3.05) is 13.2 Å². The molecule has 2 unspecified atom stereocenters. The topological polar surface area (TPSA) is 56.5 Å². The Labute approximate surface area is 178 Å². The molecule has 1 aromatic heterocycles. The fourth-order valence-electron chi connectivity index (χ4n) is 4.12. The predicted molar refractivity (Wildman–Crippen MR) is 119 cm³/mol. The SMILES string of the molecule is Cc1ccc(OCC(O)Cn2c(C3CCCO3)nc3ccccc32)c(C(C)(C)C)c1. The van der Waals surface area contributed by atoms with E-state index < -0.39 is 6.10 Å². The molecule has 5 nitrogen and oxygen atoms in total. The molecule has 30 heavy (non-hydrogen) atoms. The second kappa shape index (κ2) is 8.40. The summed E-state index contributed by atoms with van der Waals surface area (Å²) in [6, 6.07) is 14.3. The van der Waals surface area contributed by atoms with Crippen LogP contribution >= 0.6 is 0 Å². The second-order valence-electron chi connectivity index (χ2n) is 9.29. The first-order valence-corrected chi connectivity index (χ1v) is 10.8. The molecule has 0 bridgehead atoms. The lowest BCUT2D eigenvalue weighted by molar-refractivity contribution is 0.0800. The molecule has 0 spiro atoms. The maximum atomic E-state index is 10.8. The largest absolute Gasteiger partial charge is 0.491 e. The molecule has 1 aliphatic rings. The van der Waals surface area contributed by atoms with E-state index in [1.54, 1.807) is 0 Å². The van der Waals surface area contributed by atoms with Crippen molar-refractivity contribution in [2.45, 2.75) is 64.7 Å². The van der Waals surface area contributed by atoms with Crippen molar-refractivity contribution in [3.8, 4) is 5.75 Å². The summed E-state index contributed by atoms with van der Waals surface area (Å²) >= 11 is 0. The number of aliphatic hydroxyl groups is 1. The average molecular weight is 409 g/mol. The van der Waals surface area contributed by atoms with Gasteiger partial charge in [0.25, 0.3) is 0 Å². The van der Waals surface area contributed by atoms with E-state index in [0.29, 0.717) is 6.54 Å². The highest BCUT2D eigenvalue weighted by Crippen LogP contribution is 2.33. The lowest BCUT2D eigenvalue weighted by Gasteiger charge is -2.24. The van der Waals surface area contributed by atoms with E-state index >= 15 is 0 Å². The van der Waals surface area contributed by atoms with Gasteiger partial charge in [-0.2, -0.15) is 0 Å². The molecule has 0 radical (unpaired) electrons. The van der Waals surface area contributed by atoms with Gasteiger partial charge >= 0.3 is 0 Å². The number of para-hydroxylation sites is 2. The number of aromatic nitrogens is 2. The minimum atomic E-state index is -0.656. The lowest BCUT2D eigenvalue weighted by atomic mass is 9.85. The van der Waals surface area contributed by atoms with Crippen LogP contribution in [0.25, 0.3) is 11.0 Å². The number of hydrogen-bond acceptors (Lipinski definition) is 4. The molecule has 1 aliphatic heterocycles. The van der Waals surface area contributed by atoms with Crippen LogP contribution in [0.15, 0.2) is 42.5 Å². The van der Waals surface area contributed by atoms with Crippen LogP contribution in [0.3, 0.4) is 0 Å². The number of aryl methyl sites for hydroxylation is 1. The van der Waals surface area contributed by atoms with Gasteiger partial charge in [0.2, 0.25) is 0 Å². The normalized spacial score (nSPS) is 18.1. The first-order chi connectivity index (χ1) is 14.3. The van der Waals surface area contributed by atoms with Gasteiger partial charge in [-0.25, -0.2) is 4.98 Å². The van der Waals surface area contributed by atoms with Crippen molar-refractivity contribution in [2.24, 2.45) is 0 Å². The molecule has 2 atom stereocenters. The minimum Gasteiger partial charge on any atom is -0.491 e. The van der Waals surface area contributed by atoms with E-state index in [4.69, 9.17) is 14.5 Å². The molecule has 0 saturated carbocycles. The molecule has 5 heteroatoms. The summed E-state index contributed by atoms with van der Waals surface area (Å²) in [7, 11) is 0. The van der Waals surface area contributed by atoms with Crippen molar-refractivity contribution in [3.63, 3.8) is 0 Å². The zero-order valence-electron chi connectivity index (χ0n) is 18.4. The molecule has 1 saturated heterocycles. The van der Waals surface area contributed by atoms with Gasteiger partial charge in [-0.1, -0.05) is 50.6 Å². The highest BCUT2D eigenvalue weighted by Gasteiger charge is 2.26. The lowest BCUT2D eigenvalue weighted by Crippen LogP contribution is -2.26. The van der Waals surface area contributed by atoms with Crippen LogP contribution < -0.4 is 4.74 Å². The molecule has 2 aromatic carbocycles. The fraction of sp³-hybridized carbons (Fsp3) is 0.480. The standard InChI is InChI=1S/C25H32N2O3/c1-17-11-12-22(19(14-17)25(2,3)4)30-16-18(28)15-27-21-9-6-5-8-20(21)26-24(27)23-10-7-13-29-23/h5-6,8-9,11-12,14,18,23,28H,7,10,13,15-16H2,1-4H3. The molecule has 0 aliphatic carbocycles. The van der Waals surface area contributed by atoms with E-state index in [2.05, 4.69) is 44.4 Å². The Hall–Kier alpha value is -2.37. The number of ether oxygens (including phenoxy) is 2. The third-order valence-electron chi connectivity index (χ3n) is 5.67. The van der Waals surface area contributed by atoms with Gasteiger partial charge in [-0.3, -0.25) is 0 Å². The summed E-state index contributed by atoms with van der Waals surface area (Å²) in [6.45, 7) is 10.0. The van der Waals surface area contributed by atoms with E-state index in [9.17, 15) is 5.11 Å². The fourth-order valence-corrected chi connectivity index (χ4v) is 4.12. The zero-order chi connectivity index (χ0) is 21.3. The Balaban J connectivity index is 1.53. The Kier molecular flexibility index (Phi) is 5.85. The van der Waals surface area contributed by atoms with Crippen molar-refractivity contribution in [3.05, 3.63) is 59.4 Å². The molecular formula is C25H32N2O3. The molecule has 1 N–H and O–H groups in total. The summed E-state index contributed by atoms with van der Waals surface area (Å²) in [5.41, 5.74) is 4.29. The summed E-state index contributed by atoms with van der Waals surface area (Å²) < 4.78 is 14.1. The monoisotopic (exact) mass is 408 g/mol. The Morgan fingerprint density at radius 3 is 2.77 bits per heavy atom. The third-order valence-corrected chi connectivity index (χ3v) is 5.67. The highest BCUT2D eigenvalue weighted by atomic mass is 16.5. The number of nitrogens with zero attached hydrogens (tertiary/aromatic N) is 2. The van der Waals surface area contributed by atoms with E-state index in [0.717, 1.165) is 47.6 Å². The maximum absolute atomic E-state index is 10.8. The second-order valence-corrected chi connectivity index (χ2v) is 9.29. The quantitative estimate of drug-likeness (QED) is 0.628. The van der Waals surface area contributed by atoms with Gasteiger partial charge in [0.15, 0.2) is 0 Å². The van der Waals surface area contributed by atoms with E-state index in [-0.39, 0.29) is 18.1 Å². The first-order valence-electron chi connectivity index (χ1n) is 10.8. The van der Waals surface area contributed by atoms with Gasteiger partial charge in [0, 0.05) is 6.61 Å². The molecule has 0 amide bonds. The number of aliphatic hydroxyl groups excluding tert-OH is 1. The average Bonchev–Trinajstić information content (AvgIpc) is 3.35. The van der Waals surface area contributed by atoms with Gasteiger partial charge in [-0.05, 0) is 48.9 Å². The summed E-state index contributed by atoms with van der Waals surface area (Å²) in [6.07, 6.45) is 1.35. The van der Waals surface area contributed by atoms with Crippen LogP contribution in [0.1, 0.15) is 56.7 Å². The number of hydrogen-bond donors (Lipinski definition) is 1. The van der Waals surface area contributed by atoms with Crippen LogP contribution in [0.4, 0.5) is 0 Å². The van der Waals surface area contributed by atoms with Crippen LogP contribution in [0, 0.1) is 6.92 Å². The van der Waals surface area contributed by atoms with Crippen LogP contribution in [-0.2, 0) is 16.7 Å². The minimum absolute atomic E-state index is 0.00453. The number of fused-ring (bicyclic) bond motifs is 1. The van der Waals surface area contributed by atoms with Crippen LogP contribution in [-0.4, -0.2) is 34.0 Å². The van der Waals surface area contributed by atoms with Crippen molar-refractivity contribution in [1.29, 1.82) is 0 Å².